The first-order chi connectivity index (χ1) is 40.0. The van der Waals surface area contributed by atoms with Gasteiger partial charge in [-0.15, -0.1) is 0 Å². The number of hydrogen-bond acceptors (Lipinski definition) is 4. The molecule has 4 nitrogen and oxygen atoms in total. The molecular formula is C72H67O4Si5. The van der Waals surface area contributed by atoms with Crippen LogP contribution < -0.4 is 57.1 Å². The van der Waals surface area contributed by atoms with Gasteiger partial charge >= 0.3 is 25.7 Å². The fourth-order valence-corrected chi connectivity index (χ4v) is 39.4. The average Bonchev–Trinajstić information content (AvgIpc) is 3.74. The SMILES string of the molecule is [CH2]CCCCC[Si](O[Si](O[Si](O[Si](O[Si](c1ccccc1)(c1ccccc1)c1ccccc1)(c1ccccc1)c1ccccc1)(c1ccccc1)c1ccccc1)(c1ccccc1)c1ccccc1)(c1ccccc1)c1ccccc1. The Morgan fingerprint density at radius 3 is 0.667 bits per heavy atom. The summed E-state index contributed by atoms with van der Waals surface area (Å²) in [6, 6.07) is 120. The van der Waals surface area contributed by atoms with Crippen molar-refractivity contribution in [2.45, 2.75) is 31.7 Å². The molecule has 399 valence electrons. The normalized spacial score (nSPS) is 12.2. The lowest BCUT2D eigenvalue weighted by molar-refractivity contribution is 0.329. The molecule has 0 aliphatic carbocycles. The fraction of sp³-hybridized carbons (Fsp3) is 0.0694. The Balaban J connectivity index is 1.29. The molecule has 11 aromatic carbocycles. The zero-order valence-corrected chi connectivity index (χ0v) is 50.6. The number of unbranched alkanes of at least 4 members (excludes halogenated alkanes) is 3. The monoisotopic (exact) mass is 1140 g/mol. The van der Waals surface area contributed by atoms with Crippen LogP contribution >= 0.6 is 0 Å². The summed E-state index contributed by atoms with van der Waals surface area (Å²) < 4.78 is 36.3. The molecule has 9 heteroatoms. The van der Waals surface area contributed by atoms with Gasteiger partial charge < -0.3 is 16.5 Å². The van der Waals surface area contributed by atoms with Crippen LogP contribution in [-0.2, 0) is 16.5 Å². The standard InChI is InChI=1S/C72H67O4Si5/c1-2-3-4-38-61-77(62-39-16-5-17-40-62,63-41-18-6-19-42-63)73-79(67-49-26-10-27-50-67,68-51-28-11-29-52-68)75-81(71-57-34-14-35-58-71,72-59-36-15-37-60-72)76-80(69-53-30-12-31-54-69,70-55-32-13-33-56-70)74-78(64-43-20-7-21-44-64,65-45-22-8-23-46-65)66-47-24-9-25-48-66/h5-37,39-60H,1-4,38,61H2. The molecule has 0 heterocycles. The van der Waals surface area contributed by atoms with E-state index in [0.717, 1.165) is 78.4 Å². The van der Waals surface area contributed by atoms with E-state index in [1.165, 1.54) is 10.4 Å². The summed E-state index contributed by atoms with van der Waals surface area (Å²) in [5, 5.41) is 11.4. The molecule has 0 unspecified atom stereocenters. The summed E-state index contributed by atoms with van der Waals surface area (Å²) in [4.78, 5) is 0. The Bertz CT molecular complexity index is 3360. The van der Waals surface area contributed by atoms with Crippen molar-refractivity contribution < 1.29 is 16.5 Å². The summed E-state index contributed by atoms with van der Waals surface area (Å²) in [5.41, 5.74) is 0. The lowest BCUT2D eigenvalue weighted by Gasteiger charge is -2.50. The van der Waals surface area contributed by atoms with Crippen molar-refractivity contribution in [1.29, 1.82) is 0 Å². The van der Waals surface area contributed by atoms with Crippen LogP contribution in [0.2, 0.25) is 6.04 Å². The van der Waals surface area contributed by atoms with E-state index in [1.807, 2.05) is 0 Å². The van der Waals surface area contributed by atoms with E-state index in [9.17, 15) is 0 Å². The van der Waals surface area contributed by atoms with E-state index < -0.39 is 42.3 Å². The van der Waals surface area contributed by atoms with Crippen molar-refractivity contribution in [3.63, 3.8) is 0 Å². The molecule has 1 radical (unpaired) electrons. The minimum atomic E-state index is -4.39. The first-order valence-electron chi connectivity index (χ1n) is 28.3. The van der Waals surface area contributed by atoms with Crippen molar-refractivity contribution in [3.8, 4) is 0 Å². The number of benzene rings is 11. The average molecular weight is 1140 g/mol. The molecule has 0 amide bonds. The summed E-state index contributed by atoms with van der Waals surface area (Å²) in [5.74, 6) is 0. The highest BCUT2D eigenvalue weighted by molar-refractivity contribution is 7.17. The van der Waals surface area contributed by atoms with Crippen LogP contribution in [-0.4, -0.2) is 42.3 Å². The molecule has 0 saturated carbocycles. The Morgan fingerprint density at radius 1 is 0.210 bits per heavy atom. The molecule has 11 aromatic rings. The van der Waals surface area contributed by atoms with Crippen molar-refractivity contribution in [3.05, 3.63) is 341 Å². The molecule has 0 saturated heterocycles. The van der Waals surface area contributed by atoms with Crippen LogP contribution in [0.4, 0.5) is 0 Å². The van der Waals surface area contributed by atoms with Gasteiger partial charge in [0.25, 0.3) is 8.32 Å². The van der Waals surface area contributed by atoms with Crippen LogP contribution in [0, 0.1) is 6.92 Å². The fourth-order valence-electron chi connectivity index (χ4n) is 11.5. The quantitative estimate of drug-likeness (QED) is 0.0344. The van der Waals surface area contributed by atoms with Gasteiger partial charge in [-0.3, -0.25) is 0 Å². The molecule has 0 aliphatic rings. The van der Waals surface area contributed by atoms with Crippen molar-refractivity contribution in [2.75, 3.05) is 0 Å². The highest BCUT2D eigenvalue weighted by atomic mass is 28.5. The topological polar surface area (TPSA) is 36.9 Å². The second-order valence-electron chi connectivity index (χ2n) is 20.5. The first kappa shape index (κ1) is 55.3. The van der Waals surface area contributed by atoms with Crippen LogP contribution in [0.15, 0.2) is 334 Å². The highest BCUT2D eigenvalue weighted by Gasteiger charge is 2.64. The van der Waals surface area contributed by atoms with E-state index in [0.29, 0.717) is 0 Å². The lowest BCUT2D eigenvalue weighted by atomic mass is 10.2. The van der Waals surface area contributed by atoms with E-state index in [1.54, 1.807) is 0 Å². The van der Waals surface area contributed by atoms with Crippen LogP contribution in [0.3, 0.4) is 0 Å². The predicted octanol–water partition coefficient (Wildman–Crippen LogP) is 9.64. The smallest absolute Gasteiger partial charge is 0.390 e. The summed E-state index contributed by atoms with van der Waals surface area (Å²) in [6.07, 6.45) is 3.88. The Labute approximate surface area is 485 Å². The summed E-state index contributed by atoms with van der Waals surface area (Å²) in [7, 11) is -19.9. The molecule has 0 bridgehead atoms. The molecule has 0 aromatic heterocycles. The molecule has 81 heavy (non-hydrogen) atoms. The van der Waals surface area contributed by atoms with Gasteiger partial charge in [0, 0.05) is 0 Å². The molecule has 0 aliphatic heterocycles. The van der Waals surface area contributed by atoms with E-state index in [-0.39, 0.29) is 0 Å². The zero-order valence-electron chi connectivity index (χ0n) is 45.6. The van der Waals surface area contributed by atoms with Gasteiger partial charge in [0.2, 0.25) is 8.32 Å². The molecule has 0 N–H and O–H groups in total. The van der Waals surface area contributed by atoms with Crippen molar-refractivity contribution in [2.24, 2.45) is 0 Å². The van der Waals surface area contributed by atoms with E-state index in [4.69, 9.17) is 16.5 Å². The molecule has 0 fully saturated rings. The second kappa shape index (κ2) is 25.9. The predicted molar refractivity (Wildman–Crippen MR) is 349 cm³/mol. The van der Waals surface area contributed by atoms with Gasteiger partial charge in [0.05, 0.1) is 0 Å². The van der Waals surface area contributed by atoms with Gasteiger partial charge in [0.1, 0.15) is 0 Å². The summed E-state index contributed by atoms with van der Waals surface area (Å²) in [6.45, 7) is 4.27. The Hall–Kier alpha value is -7.66. The van der Waals surface area contributed by atoms with Crippen LogP contribution in [0.5, 0.6) is 0 Å². The first-order valence-corrected chi connectivity index (χ1v) is 37.7. The number of hydrogen-bond donors (Lipinski definition) is 0. The summed E-state index contributed by atoms with van der Waals surface area (Å²) >= 11 is 0. The molecule has 0 atom stereocenters. The van der Waals surface area contributed by atoms with Crippen molar-refractivity contribution >= 4 is 99.4 Å². The van der Waals surface area contributed by atoms with Gasteiger partial charge in [0.15, 0.2) is 0 Å². The molecule has 0 spiro atoms. The lowest BCUT2D eigenvalue weighted by Crippen LogP contribution is -2.85. The van der Waals surface area contributed by atoms with E-state index >= 15 is 0 Å². The molecular weight excluding hydrogens is 1070 g/mol. The maximum absolute atomic E-state index is 9.16. The van der Waals surface area contributed by atoms with E-state index in [2.05, 4.69) is 341 Å². The third kappa shape index (κ3) is 11.4. The van der Waals surface area contributed by atoms with Crippen LogP contribution in [0.25, 0.3) is 0 Å². The maximum atomic E-state index is 9.16. The van der Waals surface area contributed by atoms with Gasteiger partial charge in [-0.1, -0.05) is 366 Å². The third-order valence-corrected chi connectivity index (χ3v) is 38.5. The minimum Gasteiger partial charge on any atom is -0.422 e. The molecule has 11 rings (SSSR count). The largest absolute Gasteiger partial charge is 0.422 e. The van der Waals surface area contributed by atoms with Gasteiger partial charge in [-0.05, 0) is 63.1 Å². The maximum Gasteiger partial charge on any atom is 0.390 e. The van der Waals surface area contributed by atoms with Crippen LogP contribution in [0.1, 0.15) is 25.7 Å². The zero-order chi connectivity index (χ0) is 55.1. The Morgan fingerprint density at radius 2 is 0.420 bits per heavy atom. The number of rotatable bonds is 24. The second-order valence-corrected chi connectivity index (χ2v) is 37.3. The van der Waals surface area contributed by atoms with Gasteiger partial charge in [-0.2, -0.15) is 0 Å². The minimum absolute atomic E-state index is 0.820. The highest BCUT2D eigenvalue weighted by Crippen LogP contribution is 2.31. The Kier molecular flexibility index (Phi) is 17.6. The van der Waals surface area contributed by atoms with Crippen molar-refractivity contribution in [1.82, 2.24) is 0 Å². The van der Waals surface area contributed by atoms with Gasteiger partial charge in [-0.25, -0.2) is 0 Å². The third-order valence-electron chi connectivity index (χ3n) is 15.4.